The van der Waals surface area contributed by atoms with Crippen molar-refractivity contribution in [3.63, 3.8) is 0 Å². The number of thiophene rings is 1. The molecule has 98 valence electrons. The third-order valence-electron chi connectivity index (χ3n) is 2.26. The highest BCUT2D eigenvalue weighted by Crippen LogP contribution is 2.14. The molecule has 0 saturated carbocycles. The maximum atomic E-state index is 11.8. The molecule has 4 nitrogen and oxygen atoms in total. The molecule has 3 N–H and O–H groups in total. The molecule has 0 saturated heterocycles. The van der Waals surface area contributed by atoms with E-state index in [1.807, 2.05) is 18.4 Å². The van der Waals surface area contributed by atoms with Gasteiger partial charge < -0.3 is 11.1 Å². The normalized spacial score (nSPS) is 9.79. The Morgan fingerprint density at radius 2 is 2.32 bits per heavy atom. The molecule has 19 heavy (non-hydrogen) atoms. The number of hydrogen-bond acceptors (Lipinski definition) is 5. The smallest absolute Gasteiger partial charge is 0.271 e. The van der Waals surface area contributed by atoms with Gasteiger partial charge in [-0.2, -0.15) is 0 Å². The van der Waals surface area contributed by atoms with E-state index in [9.17, 15) is 4.79 Å². The van der Waals surface area contributed by atoms with Gasteiger partial charge in [0.2, 0.25) is 0 Å². The lowest BCUT2D eigenvalue weighted by Crippen LogP contribution is -2.22. The summed E-state index contributed by atoms with van der Waals surface area (Å²) in [5.74, 6) is 5.61. The van der Waals surface area contributed by atoms with Gasteiger partial charge in [-0.1, -0.05) is 11.8 Å². The van der Waals surface area contributed by atoms with Crippen LogP contribution in [0.2, 0.25) is 0 Å². The minimum atomic E-state index is -0.146. The van der Waals surface area contributed by atoms with E-state index in [0.717, 1.165) is 15.4 Å². The van der Waals surface area contributed by atoms with E-state index >= 15 is 0 Å². The van der Waals surface area contributed by atoms with Gasteiger partial charge in [0.15, 0.2) is 0 Å². The number of aryl methyl sites for hydroxylation is 1. The number of amides is 1. The molecule has 0 aliphatic heterocycles. The Balaban J connectivity index is 1.92. The molecule has 2 aromatic rings. The molecule has 2 heterocycles. The summed E-state index contributed by atoms with van der Waals surface area (Å²) >= 11 is 3.03. The molecule has 2 aromatic heterocycles. The minimum Gasteiger partial charge on any atom is -0.346 e. The van der Waals surface area contributed by atoms with Gasteiger partial charge in [-0.25, -0.2) is 4.98 Å². The average molecular weight is 291 g/mol. The van der Waals surface area contributed by atoms with Gasteiger partial charge in [0.25, 0.3) is 5.91 Å². The van der Waals surface area contributed by atoms with Crippen molar-refractivity contribution in [2.24, 2.45) is 5.73 Å². The molecular weight excluding hydrogens is 278 g/mol. The summed E-state index contributed by atoms with van der Waals surface area (Å²) < 4.78 is 0. The Bertz CT molecular complexity index is 634. The first kappa shape index (κ1) is 13.7. The SMILES string of the molecule is Cc1nc(C(=O)NCc2cc(C#CCN)cs2)cs1. The highest BCUT2D eigenvalue weighted by atomic mass is 32.1. The summed E-state index contributed by atoms with van der Waals surface area (Å²) in [6.45, 7) is 2.72. The van der Waals surface area contributed by atoms with Gasteiger partial charge in [0.05, 0.1) is 18.1 Å². The maximum absolute atomic E-state index is 11.8. The maximum Gasteiger partial charge on any atom is 0.271 e. The van der Waals surface area contributed by atoms with Crippen LogP contribution in [0.3, 0.4) is 0 Å². The molecule has 0 atom stereocenters. The number of thiazole rings is 1. The van der Waals surface area contributed by atoms with Crippen LogP contribution in [0.1, 0.15) is 25.9 Å². The van der Waals surface area contributed by atoms with E-state index in [-0.39, 0.29) is 5.91 Å². The zero-order valence-corrected chi connectivity index (χ0v) is 12.0. The fourth-order valence-electron chi connectivity index (χ4n) is 1.42. The lowest BCUT2D eigenvalue weighted by Gasteiger charge is -1.99. The van der Waals surface area contributed by atoms with Crippen molar-refractivity contribution < 1.29 is 4.79 Å². The Morgan fingerprint density at radius 1 is 1.47 bits per heavy atom. The Hall–Kier alpha value is -1.68. The number of aromatic nitrogens is 1. The first-order valence-corrected chi connectivity index (χ1v) is 7.41. The van der Waals surface area contributed by atoms with Crippen molar-refractivity contribution in [1.29, 1.82) is 0 Å². The van der Waals surface area contributed by atoms with Crippen molar-refractivity contribution in [3.05, 3.63) is 38.0 Å². The molecule has 0 aromatic carbocycles. The second-order valence-electron chi connectivity index (χ2n) is 3.74. The van der Waals surface area contributed by atoms with Crippen LogP contribution in [0.5, 0.6) is 0 Å². The van der Waals surface area contributed by atoms with Gasteiger partial charge in [0.1, 0.15) is 5.69 Å². The van der Waals surface area contributed by atoms with E-state index in [1.165, 1.54) is 11.3 Å². The van der Waals surface area contributed by atoms with Crippen LogP contribution in [0.25, 0.3) is 0 Å². The average Bonchev–Trinajstić information content (AvgIpc) is 3.02. The molecule has 0 unspecified atom stereocenters. The third kappa shape index (κ3) is 3.89. The third-order valence-corrected chi connectivity index (χ3v) is 3.97. The largest absolute Gasteiger partial charge is 0.346 e. The van der Waals surface area contributed by atoms with Crippen molar-refractivity contribution >= 4 is 28.6 Å². The quantitative estimate of drug-likeness (QED) is 0.847. The molecule has 1 amide bonds. The van der Waals surface area contributed by atoms with Crippen LogP contribution in [0, 0.1) is 18.8 Å². The first-order chi connectivity index (χ1) is 9.19. The van der Waals surface area contributed by atoms with Crippen LogP contribution in [0.4, 0.5) is 0 Å². The number of rotatable bonds is 3. The molecule has 0 bridgehead atoms. The van der Waals surface area contributed by atoms with Gasteiger partial charge >= 0.3 is 0 Å². The van der Waals surface area contributed by atoms with E-state index < -0.39 is 0 Å². The number of carbonyl (C=O) groups excluding carboxylic acids is 1. The summed E-state index contributed by atoms with van der Waals surface area (Å²) in [6.07, 6.45) is 0. The molecule has 6 heteroatoms. The molecule has 0 aliphatic rings. The number of hydrogen-bond donors (Lipinski definition) is 2. The summed E-state index contributed by atoms with van der Waals surface area (Å²) in [7, 11) is 0. The van der Waals surface area contributed by atoms with Crippen LogP contribution >= 0.6 is 22.7 Å². The molecule has 0 radical (unpaired) electrons. The number of nitrogens with two attached hydrogens (primary N) is 1. The monoisotopic (exact) mass is 291 g/mol. The van der Waals surface area contributed by atoms with Crippen LogP contribution in [-0.2, 0) is 6.54 Å². The van der Waals surface area contributed by atoms with Crippen molar-refractivity contribution in [2.75, 3.05) is 6.54 Å². The fourth-order valence-corrected chi connectivity index (χ4v) is 2.77. The lowest BCUT2D eigenvalue weighted by molar-refractivity contribution is 0.0947. The van der Waals surface area contributed by atoms with Gasteiger partial charge in [0, 0.05) is 21.2 Å². The molecule has 0 fully saturated rings. The standard InChI is InChI=1S/C13H13N3OS2/c1-9-16-12(8-18-9)13(17)15-6-11-5-10(7-19-11)3-2-4-14/h5,7-8H,4,6,14H2,1H3,(H,15,17). The van der Waals surface area contributed by atoms with Gasteiger partial charge in [-0.05, 0) is 13.0 Å². The highest BCUT2D eigenvalue weighted by Gasteiger charge is 2.09. The summed E-state index contributed by atoms with van der Waals surface area (Å²) in [4.78, 5) is 17.0. The zero-order chi connectivity index (χ0) is 13.7. The Kier molecular flexibility index (Phi) is 4.68. The van der Waals surface area contributed by atoms with Crippen molar-refractivity contribution in [1.82, 2.24) is 10.3 Å². The van der Waals surface area contributed by atoms with E-state index in [1.54, 1.807) is 16.7 Å². The first-order valence-electron chi connectivity index (χ1n) is 5.65. The van der Waals surface area contributed by atoms with Gasteiger partial charge in [-0.15, -0.1) is 22.7 Å². The molecular formula is C13H13N3OS2. The molecule has 0 aliphatic carbocycles. The van der Waals surface area contributed by atoms with E-state index in [2.05, 4.69) is 22.1 Å². The topological polar surface area (TPSA) is 68.0 Å². The number of nitrogens with one attached hydrogen (secondary N) is 1. The van der Waals surface area contributed by atoms with E-state index in [4.69, 9.17) is 5.73 Å². The van der Waals surface area contributed by atoms with Crippen LogP contribution in [-0.4, -0.2) is 17.4 Å². The van der Waals surface area contributed by atoms with Gasteiger partial charge in [-0.3, -0.25) is 4.79 Å². The van der Waals surface area contributed by atoms with Crippen molar-refractivity contribution in [3.8, 4) is 11.8 Å². The number of nitrogens with zero attached hydrogens (tertiary/aromatic N) is 1. The highest BCUT2D eigenvalue weighted by molar-refractivity contribution is 7.10. The second kappa shape index (κ2) is 6.48. The fraction of sp³-hybridized carbons (Fsp3) is 0.231. The predicted octanol–water partition coefficient (Wildman–Crippen LogP) is 1.75. The zero-order valence-electron chi connectivity index (χ0n) is 10.4. The second-order valence-corrected chi connectivity index (χ2v) is 5.80. The van der Waals surface area contributed by atoms with Crippen LogP contribution in [0.15, 0.2) is 16.8 Å². The van der Waals surface area contributed by atoms with Crippen molar-refractivity contribution in [2.45, 2.75) is 13.5 Å². The van der Waals surface area contributed by atoms with E-state index in [0.29, 0.717) is 18.8 Å². The Morgan fingerprint density at radius 3 is 3.00 bits per heavy atom. The predicted molar refractivity (Wildman–Crippen MR) is 78.3 cm³/mol. The minimum absolute atomic E-state index is 0.146. The molecule has 2 rings (SSSR count). The summed E-state index contributed by atoms with van der Waals surface area (Å²) in [5.41, 5.74) is 6.72. The Labute approximate surface area is 119 Å². The lowest BCUT2D eigenvalue weighted by atomic mass is 10.3. The molecule has 0 spiro atoms. The summed E-state index contributed by atoms with van der Waals surface area (Å²) in [5, 5.41) is 7.45. The number of carbonyl (C=O) groups is 1. The summed E-state index contributed by atoms with van der Waals surface area (Å²) in [6, 6.07) is 1.96. The van der Waals surface area contributed by atoms with Crippen LogP contribution < -0.4 is 11.1 Å².